The van der Waals surface area contributed by atoms with Crippen LogP contribution in [-0.2, 0) is 4.79 Å². The van der Waals surface area contributed by atoms with Crippen molar-refractivity contribution in [2.75, 3.05) is 5.88 Å². The standard InChI is InChI=1S/C8H13ClO2/c1-2-3-4-7(10)5-8(11)6-9/h2,8,11H,1,3-6H2. The first-order valence-electron chi connectivity index (χ1n) is 3.57. The molecule has 0 aliphatic rings. The van der Waals surface area contributed by atoms with E-state index in [4.69, 9.17) is 16.7 Å². The number of aliphatic hydroxyl groups is 1. The number of hydrogen-bond donors (Lipinski definition) is 1. The van der Waals surface area contributed by atoms with E-state index >= 15 is 0 Å². The average molecular weight is 177 g/mol. The number of Topliss-reactive ketones (excluding diaryl/α,β-unsaturated/α-hetero) is 1. The van der Waals surface area contributed by atoms with Gasteiger partial charge in [0.15, 0.2) is 0 Å². The molecule has 0 radical (unpaired) electrons. The quantitative estimate of drug-likeness (QED) is 0.492. The van der Waals surface area contributed by atoms with E-state index in [2.05, 4.69) is 6.58 Å². The normalized spacial score (nSPS) is 12.5. The highest BCUT2D eigenvalue weighted by Crippen LogP contribution is 2.01. The highest BCUT2D eigenvalue weighted by atomic mass is 35.5. The van der Waals surface area contributed by atoms with Gasteiger partial charge in [0.2, 0.25) is 0 Å². The number of halogens is 1. The second-order valence-electron chi connectivity index (χ2n) is 2.38. The van der Waals surface area contributed by atoms with Crippen molar-refractivity contribution in [1.82, 2.24) is 0 Å². The van der Waals surface area contributed by atoms with Crippen molar-refractivity contribution in [3.05, 3.63) is 12.7 Å². The molecule has 0 aliphatic heterocycles. The van der Waals surface area contributed by atoms with Gasteiger partial charge in [0.25, 0.3) is 0 Å². The van der Waals surface area contributed by atoms with Crippen molar-refractivity contribution in [3.8, 4) is 0 Å². The molecule has 64 valence electrons. The van der Waals surface area contributed by atoms with Crippen LogP contribution in [0.3, 0.4) is 0 Å². The number of aliphatic hydroxyl groups excluding tert-OH is 1. The number of ketones is 1. The minimum absolute atomic E-state index is 0.0399. The van der Waals surface area contributed by atoms with Gasteiger partial charge in [-0.25, -0.2) is 0 Å². The molecule has 0 saturated carbocycles. The number of hydrogen-bond acceptors (Lipinski definition) is 2. The first-order chi connectivity index (χ1) is 5.20. The van der Waals surface area contributed by atoms with E-state index in [-0.39, 0.29) is 18.1 Å². The van der Waals surface area contributed by atoms with Crippen molar-refractivity contribution in [2.24, 2.45) is 0 Å². The third kappa shape index (κ3) is 6.07. The molecule has 1 unspecified atom stereocenters. The molecule has 0 heterocycles. The molecular weight excluding hydrogens is 164 g/mol. The number of allylic oxidation sites excluding steroid dienone is 1. The van der Waals surface area contributed by atoms with E-state index < -0.39 is 6.10 Å². The van der Waals surface area contributed by atoms with Crippen LogP contribution in [0.1, 0.15) is 19.3 Å². The minimum Gasteiger partial charge on any atom is -0.391 e. The van der Waals surface area contributed by atoms with Gasteiger partial charge in [-0.05, 0) is 6.42 Å². The maximum atomic E-state index is 10.9. The fraction of sp³-hybridized carbons (Fsp3) is 0.625. The van der Waals surface area contributed by atoms with Gasteiger partial charge >= 0.3 is 0 Å². The van der Waals surface area contributed by atoms with Crippen molar-refractivity contribution in [1.29, 1.82) is 0 Å². The van der Waals surface area contributed by atoms with Gasteiger partial charge in [-0.1, -0.05) is 6.08 Å². The Labute approximate surface area is 71.9 Å². The van der Waals surface area contributed by atoms with Gasteiger partial charge in [0, 0.05) is 18.7 Å². The SMILES string of the molecule is C=CCCC(=O)CC(O)CCl. The highest BCUT2D eigenvalue weighted by Gasteiger charge is 2.07. The summed E-state index contributed by atoms with van der Waals surface area (Å²) in [5.74, 6) is 0.165. The van der Waals surface area contributed by atoms with Gasteiger partial charge in [-0.15, -0.1) is 18.2 Å². The lowest BCUT2D eigenvalue weighted by atomic mass is 10.1. The predicted octanol–water partition coefficient (Wildman–Crippen LogP) is 1.51. The monoisotopic (exact) mass is 176 g/mol. The second-order valence-corrected chi connectivity index (χ2v) is 2.69. The van der Waals surface area contributed by atoms with E-state index in [1.54, 1.807) is 6.08 Å². The molecule has 3 heteroatoms. The zero-order chi connectivity index (χ0) is 8.69. The maximum absolute atomic E-state index is 10.9. The van der Waals surface area contributed by atoms with Crippen molar-refractivity contribution < 1.29 is 9.90 Å². The summed E-state index contributed by atoms with van der Waals surface area (Å²) in [6.07, 6.45) is 2.29. The lowest BCUT2D eigenvalue weighted by molar-refractivity contribution is -0.120. The lowest BCUT2D eigenvalue weighted by Gasteiger charge is -2.03. The van der Waals surface area contributed by atoms with Crippen molar-refractivity contribution in [2.45, 2.75) is 25.4 Å². The summed E-state index contributed by atoms with van der Waals surface area (Å²) in [6, 6.07) is 0. The Morgan fingerprint density at radius 3 is 2.82 bits per heavy atom. The molecule has 0 spiro atoms. The Balaban J connectivity index is 3.43. The second kappa shape index (κ2) is 6.38. The first kappa shape index (κ1) is 10.7. The molecule has 11 heavy (non-hydrogen) atoms. The van der Waals surface area contributed by atoms with Gasteiger partial charge in [-0.3, -0.25) is 4.79 Å². The van der Waals surface area contributed by atoms with Crippen LogP contribution in [-0.4, -0.2) is 22.9 Å². The molecule has 0 bridgehead atoms. The van der Waals surface area contributed by atoms with E-state index in [1.165, 1.54) is 0 Å². The summed E-state index contributed by atoms with van der Waals surface area (Å²) in [7, 11) is 0. The topological polar surface area (TPSA) is 37.3 Å². The Kier molecular flexibility index (Phi) is 6.18. The number of alkyl halides is 1. The Hall–Kier alpha value is -0.340. The molecule has 0 aromatic carbocycles. The van der Waals surface area contributed by atoms with Gasteiger partial charge < -0.3 is 5.11 Å². The highest BCUT2D eigenvalue weighted by molar-refractivity contribution is 6.18. The fourth-order valence-corrected chi connectivity index (χ4v) is 0.792. The third-order valence-electron chi connectivity index (χ3n) is 1.27. The molecule has 0 amide bonds. The summed E-state index contributed by atoms with van der Waals surface area (Å²) in [5, 5.41) is 8.95. The molecule has 0 aromatic rings. The minimum atomic E-state index is -0.686. The van der Waals surface area contributed by atoms with Gasteiger partial charge in [-0.2, -0.15) is 0 Å². The summed E-state index contributed by atoms with van der Waals surface area (Å²) >= 11 is 5.31. The number of carbonyl (C=O) groups excluding carboxylic acids is 1. The van der Waals surface area contributed by atoms with Crippen LogP contribution in [0.15, 0.2) is 12.7 Å². The fourth-order valence-electron chi connectivity index (χ4n) is 0.682. The van der Waals surface area contributed by atoms with E-state index in [0.717, 1.165) is 0 Å². The predicted molar refractivity (Wildman–Crippen MR) is 45.8 cm³/mol. The summed E-state index contributed by atoms with van der Waals surface area (Å²) in [6.45, 7) is 3.49. The van der Waals surface area contributed by atoms with E-state index in [0.29, 0.717) is 12.8 Å². The molecule has 1 N–H and O–H groups in total. The Bertz CT molecular complexity index is 134. The Morgan fingerprint density at radius 2 is 2.36 bits per heavy atom. The van der Waals surface area contributed by atoms with E-state index in [1.807, 2.05) is 0 Å². The van der Waals surface area contributed by atoms with Crippen molar-refractivity contribution in [3.63, 3.8) is 0 Å². The molecule has 1 atom stereocenters. The summed E-state index contributed by atoms with van der Waals surface area (Å²) < 4.78 is 0. The van der Waals surface area contributed by atoms with Crippen LogP contribution in [0.2, 0.25) is 0 Å². The molecule has 0 saturated heterocycles. The number of carbonyl (C=O) groups is 1. The number of rotatable bonds is 6. The molecule has 2 nitrogen and oxygen atoms in total. The Morgan fingerprint density at radius 1 is 1.73 bits per heavy atom. The van der Waals surface area contributed by atoms with Crippen LogP contribution < -0.4 is 0 Å². The van der Waals surface area contributed by atoms with Crippen LogP contribution in [0.5, 0.6) is 0 Å². The summed E-state index contributed by atoms with van der Waals surface area (Å²) in [5.41, 5.74) is 0. The lowest BCUT2D eigenvalue weighted by Crippen LogP contribution is -2.14. The molecule has 0 aromatic heterocycles. The van der Waals surface area contributed by atoms with Crippen LogP contribution in [0.4, 0.5) is 0 Å². The molecular formula is C8H13ClO2. The largest absolute Gasteiger partial charge is 0.391 e. The van der Waals surface area contributed by atoms with Crippen LogP contribution >= 0.6 is 11.6 Å². The smallest absolute Gasteiger partial charge is 0.135 e. The summed E-state index contributed by atoms with van der Waals surface area (Å²) in [4.78, 5) is 10.9. The zero-order valence-electron chi connectivity index (χ0n) is 6.42. The van der Waals surface area contributed by atoms with Crippen LogP contribution in [0, 0.1) is 0 Å². The zero-order valence-corrected chi connectivity index (χ0v) is 7.18. The van der Waals surface area contributed by atoms with E-state index in [9.17, 15) is 4.79 Å². The maximum Gasteiger partial charge on any atom is 0.135 e. The average Bonchev–Trinajstić information content (AvgIpc) is 2.00. The van der Waals surface area contributed by atoms with Gasteiger partial charge in [0.1, 0.15) is 5.78 Å². The van der Waals surface area contributed by atoms with Crippen molar-refractivity contribution >= 4 is 17.4 Å². The van der Waals surface area contributed by atoms with Crippen LogP contribution in [0.25, 0.3) is 0 Å². The third-order valence-corrected chi connectivity index (χ3v) is 1.62. The van der Waals surface area contributed by atoms with Gasteiger partial charge in [0.05, 0.1) is 6.10 Å². The molecule has 0 fully saturated rings. The first-order valence-corrected chi connectivity index (χ1v) is 4.10. The molecule has 0 aliphatic carbocycles. The molecule has 0 rings (SSSR count).